The second-order valence-corrected chi connectivity index (χ2v) is 7.91. The quantitative estimate of drug-likeness (QED) is 0.159. The van der Waals surface area contributed by atoms with Crippen LogP contribution in [-0.4, -0.2) is 80.9 Å². The van der Waals surface area contributed by atoms with Gasteiger partial charge in [-0.1, -0.05) is 19.7 Å². The zero-order chi connectivity index (χ0) is 24.3. The number of aliphatic hydroxyl groups is 1. The van der Waals surface area contributed by atoms with Gasteiger partial charge in [0.25, 0.3) is 0 Å². The Bertz CT molecular complexity index is 570. The molecule has 31 heavy (non-hydrogen) atoms. The Morgan fingerprint density at radius 2 is 1.61 bits per heavy atom. The number of halogens is 1. The first-order valence-corrected chi connectivity index (χ1v) is 9.78. The van der Waals surface area contributed by atoms with Crippen molar-refractivity contribution in [2.75, 3.05) is 47.4 Å². The normalized spacial score (nSPS) is 9.45. The van der Waals surface area contributed by atoms with Crippen molar-refractivity contribution in [1.82, 2.24) is 10.6 Å². The van der Waals surface area contributed by atoms with Crippen molar-refractivity contribution in [2.45, 2.75) is 40.2 Å². The van der Waals surface area contributed by atoms with Gasteiger partial charge in [0.05, 0.1) is 34.3 Å². The number of esters is 1. The van der Waals surface area contributed by atoms with Crippen LogP contribution in [0.5, 0.6) is 0 Å². The monoisotopic (exact) mass is 463 g/mol. The second kappa shape index (κ2) is 21.1. The summed E-state index contributed by atoms with van der Waals surface area (Å²) in [6, 6.07) is 0.209. The summed E-state index contributed by atoms with van der Waals surface area (Å²) in [5.74, 6) is -0.606. The molecule has 0 aromatic rings. The fourth-order valence-electron chi connectivity index (χ4n) is 1.51. The largest absolute Gasteiger partial charge is 1.00 e. The minimum atomic E-state index is -0.455. The van der Waals surface area contributed by atoms with Gasteiger partial charge < -0.3 is 37.4 Å². The Hall–Kier alpha value is -2.16. The summed E-state index contributed by atoms with van der Waals surface area (Å²) in [6.07, 6.45) is 2.27. The Morgan fingerprint density at radius 1 is 1.10 bits per heavy atom. The van der Waals surface area contributed by atoms with Gasteiger partial charge in [-0.05, 0) is 33.8 Å². The van der Waals surface area contributed by atoms with Crippen molar-refractivity contribution in [3.8, 4) is 0 Å². The van der Waals surface area contributed by atoms with Gasteiger partial charge in [0.15, 0.2) is 0 Å². The number of aliphatic hydroxyl groups excluding tert-OH is 1. The fraction of sp³-hybridized carbons (Fsp3) is 0.591. The first-order chi connectivity index (χ1) is 13.7. The molecule has 0 heterocycles. The maximum atomic E-state index is 11.1. The van der Waals surface area contributed by atoms with Crippen LogP contribution in [0.4, 0.5) is 0 Å². The second-order valence-electron chi connectivity index (χ2n) is 7.91. The number of quaternary nitrogens is 1. The minimum Gasteiger partial charge on any atom is -1.00 e. The molecule has 3 N–H and O–H groups in total. The molecule has 0 saturated heterocycles. The minimum absolute atomic E-state index is 0. The molecule has 0 aliphatic carbocycles. The molecule has 0 aromatic carbocycles. The molecule has 0 atom stereocenters. The van der Waals surface area contributed by atoms with Gasteiger partial charge in [0, 0.05) is 30.2 Å². The molecular formula is C22H42ClN3O5. The van der Waals surface area contributed by atoms with Crippen molar-refractivity contribution < 1.29 is 41.1 Å². The molecule has 0 aliphatic heterocycles. The van der Waals surface area contributed by atoms with E-state index < -0.39 is 5.97 Å². The predicted molar refractivity (Wildman–Crippen MR) is 122 cm³/mol. The molecule has 0 radical (unpaired) electrons. The molecule has 8 nitrogen and oxygen atoms in total. The lowest BCUT2D eigenvalue weighted by Gasteiger charge is -2.23. The molecule has 0 saturated carbocycles. The average molecular weight is 464 g/mol. The fourth-order valence-corrected chi connectivity index (χ4v) is 1.51. The summed E-state index contributed by atoms with van der Waals surface area (Å²) in [5.41, 5.74) is 0.925. The van der Waals surface area contributed by atoms with Crippen LogP contribution in [0, 0.1) is 0 Å². The van der Waals surface area contributed by atoms with E-state index in [4.69, 9.17) is 5.11 Å². The third-order valence-corrected chi connectivity index (χ3v) is 2.97. The lowest BCUT2D eigenvalue weighted by molar-refractivity contribution is -0.870. The Labute approximate surface area is 194 Å². The van der Waals surface area contributed by atoms with E-state index >= 15 is 0 Å². The van der Waals surface area contributed by atoms with Gasteiger partial charge in [0.1, 0.15) is 6.61 Å². The molecule has 182 valence electrons. The zero-order valence-corrected chi connectivity index (χ0v) is 21.0. The molecule has 0 aliphatic rings. The Morgan fingerprint density at radius 3 is 1.90 bits per heavy atom. The first kappa shape index (κ1) is 36.2. The average Bonchev–Trinajstić information content (AvgIpc) is 2.62. The number of rotatable bonds is 10. The molecule has 0 spiro atoms. The van der Waals surface area contributed by atoms with Crippen molar-refractivity contribution in [3.05, 3.63) is 37.0 Å². The summed E-state index contributed by atoms with van der Waals surface area (Å²) in [7, 11) is 6.42. The number of hydrogen-bond donors (Lipinski definition) is 3. The topological polar surface area (TPSA) is 105 Å². The van der Waals surface area contributed by atoms with Crippen LogP contribution in [0.1, 0.15) is 34.1 Å². The number of nitrogens with one attached hydrogen (secondary N) is 2. The van der Waals surface area contributed by atoms with E-state index in [-0.39, 0.29) is 43.5 Å². The Balaban J connectivity index is -0.000000180. The summed E-state index contributed by atoms with van der Waals surface area (Å²) in [5, 5.41) is 13.6. The lowest BCUT2D eigenvalue weighted by Crippen LogP contribution is -3.00. The number of hydrogen-bond acceptors (Lipinski definition) is 5. The molecule has 0 aromatic heterocycles. The maximum absolute atomic E-state index is 11.1. The highest BCUT2D eigenvalue weighted by molar-refractivity contribution is 5.92. The van der Waals surface area contributed by atoms with Gasteiger partial charge in [0.2, 0.25) is 11.8 Å². The van der Waals surface area contributed by atoms with Gasteiger partial charge in [-0.25, -0.2) is 4.79 Å². The summed E-state index contributed by atoms with van der Waals surface area (Å²) >= 11 is 0. The zero-order valence-electron chi connectivity index (χ0n) is 20.2. The van der Waals surface area contributed by atoms with E-state index in [1.165, 1.54) is 6.08 Å². The molecule has 9 heteroatoms. The van der Waals surface area contributed by atoms with E-state index in [1.807, 2.05) is 13.8 Å². The standard InChI is InChI=1S/C10H20N2O.C6H11NO.C6H10O3.ClH/c1-9(2)10(13)11-7-6-8-12(3,4)5;1-4-6(8)7-5(2)3;1-5(2)6(8)9-4-3-7;/h1,6-8H2,2-5H3;4-5H,1H2,2-3H3,(H,7,8);7H,1,3-4H2,2H3;1H. The van der Waals surface area contributed by atoms with Crippen LogP contribution in [0.2, 0.25) is 0 Å². The van der Waals surface area contributed by atoms with Crippen LogP contribution >= 0.6 is 0 Å². The van der Waals surface area contributed by atoms with E-state index in [2.05, 4.69) is 56.3 Å². The summed E-state index contributed by atoms with van der Waals surface area (Å²) in [6.45, 7) is 19.0. The highest BCUT2D eigenvalue weighted by Gasteiger charge is 2.06. The smallest absolute Gasteiger partial charge is 0.333 e. The first-order valence-electron chi connectivity index (χ1n) is 9.78. The van der Waals surface area contributed by atoms with Gasteiger partial charge >= 0.3 is 5.97 Å². The molecule has 2 amide bonds. The number of carbonyl (C=O) groups is 3. The highest BCUT2D eigenvalue weighted by Crippen LogP contribution is 1.93. The van der Waals surface area contributed by atoms with Crippen LogP contribution < -0.4 is 23.0 Å². The van der Waals surface area contributed by atoms with E-state index in [9.17, 15) is 14.4 Å². The number of ether oxygens (including phenoxy) is 1. The van der Waals surface area contributed by atoms with Crippen molar-refractivity contribution >= 4 is 17.8 Å². The van der Waals surface area contributed by atoms with Crippen LogP contribution in [0.15, 0.2) is 37.0 Å². The molecular weight excluding hydrogens is 422 g/mol. The number of carbonyl (C=O) groups excluding carboxylic acids is 3. The predicted octanol–water partition coefficient (Wildman–Crippen LogP) is -1.43. The molecule has 0 unspecified atom stereocenters. The van der Waals surface area contributed by atoms with E-state index in [1.54, 1.807) is 13.8 Å². The van der Waals surface area contributed by atoms with Gasteiger partial charge in [-0.3, -0.25) is 9.59 Å². The van der Waals surface area contributed by atoms with Gasteiger partial charge in [-0.15, -0.1) is 0 Å². The summed E-state index contributed by atoms with van der Waals surface area (Å²) < 4.78 is 5.40. The molecule has 0 rings (SSSR count). The SMILES string of the molecule is C=C(C)C(=O)NCCC[N+](C)(C)C.C=C(C)C(=O)OCCO.C=CC(=O)NC(C)C.[Cl-]. The third kappa shape index (κ3) is 32.7. The number of amides is 2. The van der Waals surface area contributed by atoms with Gasteiger partial charge in [-0.2, -0.15) is 0 Å². The van der Waals surface area contributed by atoms with E-state index in [0.29, 0.717) is 11.1 Å². The molecule has 0 fully saturated rings. The number of nitrogens with zero attached hydrogens (tertiary/aromatic N) is 1. The van der Waals surface area contributed by atoms with Crippen LogP contribution in [-0.2, 0) is 19.1 Å². The van der Waals surface area contributed by atoms with Crippen LogP contribution in [0.25, 0.3) is 0 Å². The van der Waals surface area contributed by atoms with Crippen LogP contribution in [0.3, 0.4) is 0 Å². The summed E-state index contributed by atoms with van der Waals surface area (Å²) in [4.78, 5) is 31.9. The Kier molecular flexibility index (Phi) is 24.6. The highest BCUT2D eigenvalue weighted by atomic mass is 35.5. The van der Waals surface area contributed by atoms with Crippen molar-refractivity contribution in [3.63, 3.8) is 0 Å². The van der Waals surface area contributed by atoms with E-state index in [0.717, 1.165) is 24.0 Å². The van der Waals surface area contributed by atoms with Crippen molar-refractivity contribution in [1.29, 1.82) is 0 Å². The molecule has 0 bridgehead atoms. The van der Waals surface area contributed by atoms with Crippen molar-refractivity contribution in [2.24, 2.45) is 0 Å². The maximum Gasteiger partial charge on any atom is 0.333 e. The lowest BCUT2D eigenvalue weighted by atomic mass is 10.3. The third-order valence-electron chi connectivity index (χ3n) is 2.97.